The molecule has 0 nitrogen and oxygen atoms in total. The topological polar surface area (TPSA) is 0 Å². The van der Waals surface area contributed by atoms with Crippen LogP contribution in [0.25, 0.3) is 34.4 Å². The van der Waals surface area contributed by atoms with E-state index in [2.05, 4.69) is 166 Å². The minimum Gasteiger partial charge on any atom is -1.00 e. The van der Waals surface area contributed by atoms with Gasteiger partial charge in [-0.1, -0.05) is 0 Å². The van der Waals surface area contributed by atoms with Gasteiger partial charge in [-0.25, -0.2) is 0 Å². The zero-order valence-corrected chi connectivity index (χ0v) is 35.5. The SMILES string of the molecule is CC1=Cc2c(-c3ccc(C(C)(C)C)cc3)cccc2[CH]1[Hf+2]([CH]1C(C)=Cc2c(-c3ccc(C(C)(C)C)cc3)cccc21)[SiH](C)C.[Cl-].[Cl-]. The van der Waals surface area contributed by atoms with Gasteiger partial charge >= 0.3 is 277 Å². The molecule has 2 aliphatic rings. The largest absolute Gasteiger partial charge is 1.00 e. The van der Waals surface area contributed by atoms with Crippen molar-refractivity contribution in [2.24, 2.45) is 0 Å². The normalized spacial score (nSPS) is 17.0. The van der Waals surface area contributed by atoms with E-state index in [0.717, 1.165) is 0 Å². The summed E-state index contributed by atoms with van der Waals surface area (Å²) in [4.78, 5) is 0. The molecular weight excluding hydrogens is 782 g/mol. The van der Waals surface area contributed by atoms with Crippen molar-refractivity contribution in [1.82, 2.24) is 0 Å². The molecule has 0 amide bonds. The molecule has 0 saturated heterocycles. The molecule has 0 spiro atoms. The van der Waals surface area contributed by atoms with Crippen molar-refractivity contribution in [2.45, 2.75) is 86.7 Å². The third-order valence-electron chi connectivity index (χ3n) is 10.0. The van der Waals surface area contributed by atoms with E-state index in [1.165, 1.54) is 44.5 Å². The van der Waals surface area contributed by atoms with Crippen LogP contribution in [-0.4, -0.2) is 5.98 Å². The Balaban J connectivity index is 0.00000240. The molecule has 6 rings (SSSR count). The first-order valence-electron chi connectivity index (χ1n) is 16.5. The zero-order chi connectivity index (χ0) is 31.6. The first-order valence-corrected chi connectivity index (χ1v) is 29.7. The van der Waals surface area contributed by atoms with Crippen LogP contribution in [0.2, 0.25) is 13.1 Å². The average Bonchev–Trinajstić information content (AvgIpc) is 3.48. The number of rotatable bonds is 5. The molecule has 2 unspecified atom stereocenters. The molecule has 2 aliphatic carbocycles. The van der Waals surface area contributed by atoms with E-state index in [-0.39, 0.29) is 35.6 Å². The van der Waals surface area contributed by atoms with Gasteiger partial charge in [0, 0.05) is 0 Å². The maximum Gasteiger partial charge on any atom is -1.00 e. The summed E-state index contributed by atoms with van der Waals surface area (Å²) in [6, 6.07) is 33.0. The third-order valence-corrected chi connectivity index (χ3v) is 41.5. The second-order valence-corrected chi connectivity index (χ2v) is 43.5. The first-order chi connectivity index (χ1) is 20.8. The molecule has 239 valence electrons. The molecular formula is C42H49Cl2HfSi. The number of allylic oxidation sites excluding steroid dienone is 2. The van der Waals surface area contributed by atoms with Crippen LogP contribution >= 0.6 is 0 Å². The molecule has 4 aromatic carbocycles. The Morgan fingerprint density at radius 2 is 0.870 bits per heavy atom. The molecule has 0 aromatic heterocycles. The van der Waals surface area contributed by atoms with Crippen molar-refractivity contribution in [2.75, 3.05) is 0 Å². The molecule has 0 bridgehead atoms. The van der Waals surface area contributed by atoms with Gasteiger partial charge < -0.3 is 24.8 Å². The van der Waals surface area contributed by atoms with E-state index in [9.17, 15) is 0 Å². The van der Waals surface area contributed by atoms with Crippen LogP contribution in [0.15, 0.2) is 96.1 Å². The van der Waals surface area contributed by atoms with E-state index >= 15 is 0 Å². The Morgan fingerprint density at radius 1 is 0.522 bits per heavy atom. The van der Waals surface area contributed by atoms with Crippen LogP contribution in [0.4, 0.5) is 0 Å². The maximum absolute atomic E-state index is 2.67. The van der Waals surface area contributed by atoms with Crippen molar-refractivity contribution in [1.29, 1.82) is 0 Å². The van der Waals surface area contributed by atoms with E-state index < -0.39 is 26.6 Å². The number of hydrogen-bond acceptors (Lipinski definition) is 0. The number of benzene rings is 4. The minimum atomic E-state index is -2.31. The molecule has 0 fully saturated rings. The fraction of sp³-hybridized carbons (Fsp3) is 0.333. The Morgan fingerprint density at radius 3 is 1.17 bits per heavy atom. The van der Waals surface area contributed by atoms with E-state index in [0.29, 0.717) is 7.35 Å². The third kappa shape index (κ3) is 6.80. The van der Waals surface area contributed by atoms with Gasteiger partial charge in [0.25, 0.3) is 0 Å². The quantitative estimate of drug-likeness (QED) is 0.222. The molecule has 0 heterocycles. The molecule has 0 radical (unpaired) electrons. The van der Waals surface area contributed by atoms with E-state index in [1.807, 2.05) is 0 Å². The van der Waals surface area contributed by atoms with Crippen LogP contribution < -0.4 is 24.8 Å². The number of halogens is 2. The van der Waals surface area contributed by atoms with Gasteiger partial charge in [-0.05, 0) is 0 Å². The number of fused-ring (bicyclic) bond motifs is 2. The predicted molar refractivity (Wildman–Crippen MR) is 193 cm³/mol. The monoisotopic (exact) mass is 831 g/mol. The van der Waals surface area contributed by atoms with E-state index in [4.69, 9.17) is 0 Å². The molecule has 4 heteroatoms. The van der Waals surface area contributed by atoms with Crippen molar-refractivity contribution in [3.8, 4) is 22.3 Å². The summed E-state index contributed by atoms with van der Waals surface area (Å²) in [5.74, 6) is -0.886. The minimum absolute atomic E-state index is 0. The van der Waals surface area contributed by atoms with Gasteiger partial charge in [0.05, 0.1) is 0 Å². The summed E-state index contributed by atoms with van der Waals surface area (Å²) in [5.41, 5.74) is 18.1. The summed E-state index contributed by atoms with van der Waals surface area (Å²) in [6.07, 6.45) is 5.13. The Bertz CT molecular complexity index is 1640. The summed E-state index contributed by atoms with van der Waals surface area (Å²) in [5, 5.41) is 0. The Labute approximate surface area is 299 Å². The maximum atomic E-state index is 2.67. The van der Waals surface area contributed by atoms with Gasteiger partial charge in [0.1, 0.15) is 0 Å². The summed E-state index contributed by atoms with van der Waals surface area (Å²) in [6.45, 7) is 24.0. The van der Waals surface area contributed by atoms with Crippen LogP contribution in [-0.2, 0) is 31.4 Å². The van der Waals surface area contributed by atoms with Crippen LogP contribution in [0.3, 0.4) is 0 Å². The summed E-state index contributed by atoms with van der Waals surface area (Å²) < 4.78 is 1.34. The van der Waals surface area contributed by atoms with Crippen molar-refractivity contribution < 1.29 is 45.4 Å². The van der Waals surface area contributed by atoms with Crippen molar-refractivity contribution in [3.63, 3.8) is 0 Å². The second-order valence-electron chi connectivity index (χ2n) is 15.6. The van der Waals surface area contributed by atoms with Gasteiger partial charge in [0.15, 0.2) is 0 Å². The molecule has 46 heavy (non-hydrogen) atoms. The molecule has 2 atom stereocenters. The van der Waals surface area contributed by atoms with Gasteiger partial charge in [0.2, 0.25) is 0 Å². The van der Waals surface area contributed by atoms with Gasteiger partial charge in [-0.15, -0.1) is 0 Å². The summed E-state index contributed by atoms with van der Waals surface area (Å²) >= 11 is -2.31. The molecule has 0 N–H and O–H groups in total. The molecule has 0 saturated carbocycles. The predicted octanol–water partition coefficient (Wildman–Crippen LogP) is 5.84. The fourth-order valence-electron chi connectivity index (χ4n) is 7.63. The van der Waals surface area contributed by atoms with Crippen molar-refractivity contribution >= 4 is 18.1 Å². The Hall–Kier alpha value is -1.97. The smallest absolute Gasteiger partial charge is 1.00 e. The van der Waals surface area contributed by atoms with Gasteiger partial charge in [-0.2, -0.15) is 0 Å². The first kappa shape index (κ1) is 36.9. The van der Waals surface area contributed by atoms with Crippen LogP contribution in [0, 0.1) is 0 Å². The second kappa shape index (κ2) is 13.9. The summed E-state index contributed by atoms with van der Waals surface area (Å²) in [7, 11) is 0. The van der Waals surface area contributed by atoms with E-state index in [1.54, 1.807) is 22.3 Å². The standard InChI is InChI=1S/2C20H21.C2H7Si.2ClH.Hf/c2*1-14-12-16-6-5-7-18(19(16)13-14)15-8-10-17(11-9-15)20(2,3)4;1-3-2;;;/h2*5-13H,1-4H3;3H,1-2H3;2*1H;/q;;;;;+2/p-2. The fourth-order valence-corrected chi connectivity index (χ4v) is 40.5. The van der Waals surface area contributed by atoms with Crippen LogP contribution in [0.1, 0.15) is 96.1 Å². The Kier molecular flexibility index (Phi) is 11.1. The van der Waals surface area contributed by atoms with Crippen LogP contribution in [0.5, 0.6) is 0 Å². The molecule has 0 aliphatic heterocycles. The number of hydrogen-bond donors (Lipinski definition) is 0. The zero-order valence-electron chi connectivity index (χ0n) is 29.2. The average molecular weight is 831 g/mol. The molecule has 4 aromatic rings. The van der Waals surface area contributed by atoms with Gasteiger partial charge in [-0.3, -0.25) is 0 Å². The van der Waals surface area contributed by atoms with Crippen molar-refractivity contribution in [3.05, 3.63) is 129 Å².